The third-order valence-corrected chi connectivity index (χ3v) is 7.27. The molecule has 28 heavy (non-hydrogen) atoms. The van der Waals surface area contributed by atoms with E-state index < -0.39 is 0 Å². The number of nitrogens with zero attached hydrogens (tertiary/aromatic N) is 2. The summed E-state index contributed by atoms with van der Waals surface area (Å²) in [6.45, 7) is 7.04. The topological polar surface area (TPSA) is 53.4 Å². The largest absolute Gasteiger partial charge is 0.454 e. The van der Waals surface area contributed by atoms with E-state index in [1.54, 1.807) is 23.1 Å². The van der Waals surface area contributed by atoms with Crippen LogP contribution in [0.4, 0.5) is 0 Å². The van der Waals surface area contributed by atoms with Gasteiger partial charge in [0.05, 0.1) is 10.4 Å². The van der Waals surface area contributed by atoms with Crippen LogP contribution < -0.4 is 15.0 Å². The zero-order valence-corrected chi connectivity index (χ0v) is 18.4. The van der Waals surface area contributed by atoms with Gasteiger partial charge in [-0.15, -0.1) is 11.3 Å². The molecule has 8 heteroatoms. The predicted octanol–water partition coefficient (Wildman–Crippen LogP) is 5.55. The van der Waals surface area contributed by atoms with Crippen LogP contribution in [0.5, 0.6) is 11.5 Å². The van der Waals surface area contributed by atoms with E-state index in [1.165, 1.54) is 0 Å². The van der Waals surface area contributed by atoms with Crippen LogP contribution in [0, 0.1) is 13.8 Å². The molecule has 0 atom stereocenters. The molecular formula is C20H21ClN2O3S2. The lowest BCUT2D eigenvalue weighted by Gasteiger charge is -2.12. The van der Waals surface area contributed by atoms with Gasteiger partial charge in [-0.1, -0.05) is 36.7 Å². The third kappa shape index (κ3) is 3.51. The molecule has 1 aliphatic rings. The van der Waals surface area contributed by atoms with Crippen molar-refractivity contribution >= 4 is 44.9 Å². The number of halogens is 1. The maximum absolute atomic E-state index is 13.2. The molecule has 0 bridgehead atoms. The molecule has 1 aromatic carbocycles. The quantitative estimate of drug-likeness (QED) is 0.374. The molecule has 0 amide bonds. The average molecular weight is 437 g/mol. The van der Waals surface area contributed by atoms with Crippen LogP contribution in [0.15, 0.2) is 22.1 Å². The molecule has 1 aliphatic heterocycles. The molecule has 5 nitrogen and oxygen atoms in total. The van der Waals surface area contributed by atoms with Gasteiger partial charge in [-0.25, -0.2) is 4.98 Å². The Kier molecular flexibility index (Phi) is 5.58. The Bertz CT molecular complexity index is 1110. The SMILES string of the molecule is CCCCn1c(SCc2cc(Cl)c3c(c2)OCO3)nc2sc(C)c(C)c2c1=O. The number of benzene rings is 1. The van der Waals surface area contributed by atoms with Gasteiger partial charge in [0.1, 0.15) is 4.83 Å². The lowest BCUT2D eigenvalue weighted by Crippen LogP contribution is -2.23. The number of unbranched alkanes of at least 4 members (excludes halogenated alkanes) is 1. The summed E-state index contributed by atoms with van der Waals surface area (Å²) in [5.74, 6) is 1.91. The first kappa shape index (κ1) is 19.6. The molecule has 0 fully saturated rings. The van der Waals surface area contributed by atoms with Gasteiger partial charge < -0.3 is 9.47 Å². The van der Waals surface area contributed by atoms with Crippen LogP contribution in [0.3, 0.4) is 0 Å². The number of rotatable bonds is 6. The molecule has 148 valence electrons. The highest BCUT2D eigenvalue weighted by Crippen LogP contribution is 2.41. The zero-order valence-electron chi connectivity index (χ0n) is 16.0. The number of fused-ring (bicyclic) bond motifs is 2. The first-order valence-electron chi connectivity index (χ1n) is 9.21. The van der Waals surface area contributed by atoms with Crippen molar-refractivity contribution in [2.24, 2.45) is 0 Å². The van der Waals surface area contributed by atoms with E-state index in [4.69, 9.17) is 26.1 Å². The lowest BCUT2D eigenvalue weighted by atomic mass is 10.2. The first-order valence-corrected chi connectivity index (χ1v) is 11.4. The Hall–Kier alpha value is -1.70. The molecule has 0 N–H and O–H groups in total. The van der Waals surface area contributed by atoms with E-state index in [-0.39, 0.29) is 12.4 Å². The molecule has 2 aromatic heterocycles. The number of aromatic nitrogens is 2. The Morgan fingerprint density at radius 1 is 1.32 bits per heavy atom. The van der Waals surface area contributed by atoms with Gasteiger partial charge in [0, 0.05) is 17.2 Å². The minimum absolute atomic E-state index is 0.0616. The van der Waals surface area contributed by atoms with Crippen LogP contribution in [-0.4, -0.2) is 16.3 Å². The summed E-state index contributed by atoms with van der Waals surface area (Å²) in [5, 5.41) is 2.05. The fourth-order valence-electron chi connectivity index (χ4n) is 3.18. The Balaban J connectivity index is 1.69. The van der Waals surface area contributed by atoms with Gasteiger partial charge in [-0.3, -0.25) is 9.36 Å². The van der Waals surface area contributed by atoms with Crippen LogP contribution in [0.2, 0.25) is 5.02 Å². The van der Waals surface area contributed by atoms with Crippen molar-refractivity contribution in [1.82, 2.24) is 9.55 Å². The Morgan fingerprint density at radius 2 is 2.14 bits per heavy atom. The minimum atomic E-state index is 0.0616. The van der Waals surface area contributed by atoms with E-state index in [0.29, 0.717) is 28.8 Å². The van der Waals surface area contributed by atoms with Gasteiger partial charge in [-0.2, -0.15) is 0 Å². The molecule has 0 aliphatic carbocycles. The van der Waals surface area contributed by atoms with Crippen molar-refractivity contribution in [3.05, 3.63) is 43.5 Å². The van der Waals surface area contributed by atoms with Crippen LogP contribution >= 0.6 is 34.7 Å². The van der Waals surface area contributed by atoms with Crippen molar-refractivity contribution in [1.29, 1.82) is 0 Å². The summed E-state index contributed by atoms with van der Waals surface area (Å²) in [7, 11) is 0. The number of thiophene rings is 1. The van der Waals surface area contributed by atoms with Gasteiger partial charge in [0.25, 0.3) is 5.56 Å². The highest BCUT2D eigenvalue weighted by atomic mass is 35.5. The van der Waals surface area contributed by atoms with E-state index >= 15 is 0 Å². The smallest absolute Gasteiger partial charge is 0.263 e. The number of thioether (sulfide) groups is 1. The molecule has 0 radical (unpaired) electrons. The summed E-state index contributed by atoms with van der Waals surface area (Å²) in [6, 6.07) is 3.82. The molecule has 3 aromatic rings. The highest BCUT2D eigenvalue weighted by molar-refractivity contribution is 7.98. The summed E-state index contributed by atoms with van der Waals surface area (Å²) in [6.07, 6.45) is 1.96. The number of aryl methyl sites for hydroxylation is 2. The minimum Gasteiger partial charge on any atom is -0.454 e. The van der Waals surface area contributed by atoms with Gasteiger partial charge >= 0.3 is 0 Å². The predicted molar refractivity (Wildman–Crippen MR) is 115 cm³/mol. The van der Waals surface area contributed by atoms with E-state index in [0.717, 1.165) is 44.2 Å². The zero-order chi connectivity index (χ0) is 19.8. The Labute approximate surface area is 176 Å². The Morgan fingerprint density at radius 3 is 2.93 bits per heavy atom. The summed E-state index contributed by atoms with van der Waals surface area (Å²) < 4.78 is 12.7. The van der Waals surface area contributed by atoms with Crippen molar-refractivity contribution in [2.45, 2.75) is 51.1 Å². The van der Waals surface area contributed by atoms with Crippen LogP contribution in [0.1, 0.15) is 35.8 Å². The van der Waals surface area contributed by atoms with Crippen molar-refractivity contribution in [3.63, 3.8) is 0 Å². The fourth-order valence-corrected chi connectivity index (χ4v) is 5.50. The summed E-state index contributed by atoms with van der Waals surface area (Å²) in [5.41, 5.74) is 2.11. The normalized spacial score (nSPS) is 12.9. The second-order valence-corrected chi connectivity index (χ2v) is 9.32. The van der Waals surface area contributed by atoms with E-state index in [2.05, 4.69) is 6.92 Å². The van der Waals surface area contributed by atoms with Gasteiger partial charge in [0.2, 0.25) is 6.79 Å². The monoisotopic (exact) mass is 436 g/mol. The van der Waals surface area contributed by atoms with E-state index in [9.17, 15) is 4.79 Å². The lowest BCUT2D eigenvalue weighted by molar-refractivity contribution is 0.174. The van der Waals surface area contributed by atoms with Crippen molar-refractivity contribution < 1.29 is 9.47 Å². The van der Waals surface area contributed by atoms with Gasteiger partial charge in [-0.05, 0) is 43.5 Å². The molecule has 0 saturated carbocycles. The maximum atomic E-state index is 13.2. The molecular weight excluding hydrogens is 416 g/mol. The maximum Gasteiger partial charge on any atom is 0.263 e. The van der Waals surface area contributed by atoms with Crippen LogP contribution in [-0.2, 0) is 12.3 Å². The molecule has 3 heterocycles. The summed E-state index contributed by atoms with van der Waals surface area (Å²) in [4.78, 5) is 20.0. The number of hydrogen-bond acceptors (Lipinski definition) is 6. The fraction of sp³-hybridized carbons (Fsp3) is 0.400. The standard InChI is InChI=1S/C20H21ClN2O3S2/c1-4-5-6-23-19(24)16-11(2)12(3)28-18(16)22-20(23)27-9-13-7-14(21)17-15(8-13)25-10-26-17/h7-8H,4-6,9-10H2,1-3H3. The molecule has 0 unspecified atom stereocenters. The van der Waals surface area contributed by atoms with Crippen molar-refractivity contribution in [3.8, 4) is 11.5 Å². The van der Waals surface area contributed by atoms with Gasteiger partial charge in [0.15, 0.2) is 16.7 Å². The molecule has 4 rings (SSSR count). The third-order valence-electron chi connectivity index (χ3n) is 4.84. The first-order chi connectivity index (χ1) is 13.5. The highest BCUT2D eigenvalue weighted by Gasteiger charge is 2.20. The number of ether oxygens (including phenoxy) is 2. The number of hydrogen-bond donors (Lipinski definition) is 0. The summed E-state index contributed by atoms with van der Waals surface area (Å²) >= 11 is 9.43. The second kappa shape index (κ2) is 7.97. The molecule has 0 saturated heterocycles. The second-order valence-electron chi connectivity index (χ2n) is 6.77. The van der Waals surface area contributed by atoms with E-state index in [1.807, 2.05) is 30.5 Å². The average Bonchev–Trinajstić information content (AvgIpc) is 3.24. The molecule has 0 spiro atoms. The van der Waals surface area contributed by atoms with Crippen molar-refractivity contribution in [2.75, 3.05) is 6.79 Å². The van der Waals surface area contributed by atoms with Crippen LogP contribution in [0.25, 0.3) is 10.2 Å².